The van der Waals surface area contributed by atoms with E-state index in [-0.39, 0.29) is 0 Å². The van der Waals surface area contributed by atoms with Crippen molar-refractivity contribution >= 4 is 0 Å². The van der Waals surface area contributed by atoms with Crippen molar-refractivity contribution in [1.29, 1.82) is 0 Å². The highest BCUT2D eigenvalue weighted by Crippen LogP contribution is 2.22. The van der Waals surface area contributed by atoms with Gasteiger partial charge in [0.05, 0.1) is 13.2 Å². The van der Waals surface area contributed by atoms with E-state index in [9.17, 15) is 15.3 Å². The molecule has 0 spiro atoms. The molecule has 106 valence electrons. The van der Waals surface area contributed by atoms with Gasteiger partial charge in [0.25, 0.3) is 0 Å². The molecule has 7 heteroatoms. The average Bonchev–Trinajstić information content (AvgIpc) is 2.40. The van der Waals surface area contributed by atoms with Gasteiger partial charge in [0.15, 0.2) is 6.29 Å². The molecule has 0 aliphatic carbocycles. The Morgan fingerprint density at radius 2 is 1.78 bits per heavy atom. The van der Waals surface area contributed by atoms with Crippen LogP contribution in [0.4, 0.5) is 0 Å². The zero-order chi connectivity index (χ0) is 13.1. The van der Waals surface area contributed by atoms with Crippen molar-refractivity contribution in [2.24, 2.45) is 0 Å². The zero-order valence-electron chi connectivity index (χ0n) is 10.4. The normalized spacial score (nSPS) is 43.0. The number of nitrogens with zero attached hydrogens (tertiary/aromatic N) is 1. The maximum absolute atomic E-state index is 9.90. The Morgan fingerprint density at radius 1 is 1.11 bits per heavy atom. The lowest BCUT2D eigenvalue weighted by Gasteiger charge is -2.42. The summed E-state index contributed by atoms with van der Waals surface area (Å²) in [6, 6.07) is 0. The van der Waals surface area contributed by atoms with Crippen LogP contribution in [0.3, 0.4) is 0 Å². The second kappa shape index (κ2) is 6.25. The minimum absolute atomic E-state index is 0.480. The summed E-state index contributed by atoms with van der Waals surface area (Å²) >= 11 is 0. The molecule has 2 saturated heterocycles. The highest BCUT2D eigenvalue weighted by Gasteiger charge is 2.44. The van der Waals surface area contributed by atoms with E-state index in [2.05, 4.69) is 4.90 Å². The van der Waals surface area contributed by atoms with Crippen molar-refractivity contribution in [3.8, 4) is 0 Å². The van der Waals surface area contributed by atoms with Gasteiger partial charge in [-0.25, -0.2) is 0 Å². The molecule has 2 aliphatic rings. The lowest BCUT2D eigenvalue weighted by molar-refractivity contribution is -0.292. The number of methoxy groups -OCH3 is 1. The monoisotopic (exact) mass is 263 g/mol. The molecule has 0 amide bonds. The van der Waals surface area contributed by atoms with Crippen LogP contribution >= 0.6 is 0 Å². The SMILES string of the molecule is CO[C@H]1O[C@H](CN2CCOCC2)[C@@H](O)[C@H](O)[C@@H]1O. The Bertz CT molecular complexity index is 258. The third-order valence-electron chi connectivity index (χ3n) is 3.44. The molecule has 2 rings (SSSR count). The van der Waals surface area contributed by atoms with Gasteiger partial charge in [-0.3, -0.25) is 4.90 Å². The van der Waals surface area contributed by atoms with Crippen LogP contribution in [0.15, 0.2) is 0 Å². The van der Waals surface area contributed by atoms with E-state index in [1.165, 1.54) is 7.11 Å². The summed E-state index contributed by atoms with van der Waals surface area (Å²) in [5.74, 6) is 0. The van der Waals surface area contributed by atoms with Crippen LogP contribution in [0.2, 0.25) is 0 Å². The summed E-state index contributed by atoms with van der Waals surface area (Å²) in [6.07, 6.45) is -5.09. The fourth-order valence-corrected chi connectivity index (χ4v) is 2.30. The van der Waals surface area contributed by atoms with Gasteiger partial charge in [-0.15, -0.1) is 0 Å². The fourth-order valence-electron chi connectivity index (χ4n) is 2.30. The van der Waals surface area contributed by atoms with Gasteiger partial charge >= 0.3 is 0 Å². The molecule has 7 nitrogen and oxygen atoms in total. The Hall–Kier alpha value is -0.280. The Labute approximate surface area is 106 Å². The number of morpholine rings is 1. The molecule has 0 aromatic heterocycles. The maximum atomic E-state index is 9.90. The first-order valence-corrected chi connectivity index (χ1v) is 6.16. The first kappa shape index (κ1) is 14.1. The average molecular weight is 263 g/mol. The second-order valence-corrected chi connectivity index (χ2v) is 4.66. The molecule has 0 aromatic carbocycles. The zero-order valence-corrected chi connectivity index (χ0v) is 10.4. The number of aliphatic hydroxyl groups excluding tert-OH is 3. The predicted molar refractivity (Wildman–Crippen MR) is 60.9 cm³/mol. The summed E-state index contributed by atoms with van der Waals surface area (Å²) < 4.78 is 15.7. The van der Waals surface area contributed by atoms with E-state index in [1.54, 1.807) is 0 Å². The highest BCUT2D eigenvalue weighted by atomic mass is 16.7. The number of aliphatic hydroxyl groups is 3. The van der Waals surface area contributed by atoms with Gasteiger partial charge in [0.1, 0.15) is 24.4 Å². The first-order valence-electron chi connectivity index (χ1n) is 6.16. The number of hydrogen-bond acceptors (Lipinski definition) is 7. The molecule has 0 radical (unpaired) electrons. The number of hydrogen-bond donors (Lipinski definition) is 3. The lowest BCUT2D eigenvalue weighted by Crippen LogP contribution is -2.60. The minimum atomic E-state index is -1.25. The molecule has 2 fully saturated rings. The molecule has 0 saturated carbocycles. The number of rotatable bonds is 3. The number of ether oxygens (including phenoxy) is 3. The van der Waals surface area contributed by atoms with E-state index in [0.717, 1.165) is 13.1 Å². The van der Waals surface area contributed by atoms with Crippen molar-refractivity contribution in [2.45, 2.75) is 30.7 Å². The largest absolute Gasteiger partial charge is 0.388 e. The highest BCUT2D eigenvalue weighted by molar-refractivity contribution is 4.90. The van der Waals surface area contributed by atoms with Crippen LogP contribution in [0.1, 0.15) is 0 Å². The molecule has 0 unspecified atom stereocenters. The van der Waals surface area contributed by atoms with Crippen LogP contribution in [-0.4, -0.2) is 90.9 Å². The summed E-state index contributed by atoms with van der Waals surface area (Å²) in [4.78, 5) is 2.09. The molecule has 5 atom stereocenters. The van der Waals surface area contributed by atoms with Crippen LogP contribution < -0.4 is 0 Å². The Kier molecular flexibility index (Phi) is 4.91. The van der Waals surface area contributed by atoms with Crippen LogP contribution in [0.25, 0.3) is 0 Å². The molecule has 0 bridgehead atoms. The van der Waals surface area contributed by atoms with Crippen LogP contribution in [-0.2, 0) is 14.2 Å². The maximum Gasteiger partial charge on any atom is 0.186 e. The van der Waals surface area contributed by atoms with Gasteiger partial charge in [0, 0.05) is 26.7 Å². The summed E-state index contributed by atoms with van der Waals surface area (Å²) in [6.45, 7) is 3.32. The van der Waals surface area contributed by atoms with Gasteiger partial charge in [-0.05, 0) is 0 Å². The second-order valence-electron chi connectivity index (χ2n) is 4.66. The summed E-state index contributed by atoms with van der Waals surface area (Å²) in [7, 11) is 1.39. The van der Waals surface area contributed by atoms with Gasteiger partial charge in [-0.1, -0.05) is 0 Å². The van der Waals surface area contributed by atoms with Crippen molar-refractivity contribution in [1.82, 2.24) is 4.90 Å². The molecule has 2 heterocycles. The fraction of sp³-hybridized carbons (Fsp3) is 1.00. The third kappa shape index (κ3) is 3.00. The Morgan fingerprint density at radius 3 is 2.39 bits per heavy atom. The van der Waals surface area contributed by atoms with E-state index < -0.39 is 30.7 Å². The molecule has 0 aromatic rings. The van der Waals surface area contributed by atoms with Crippen LogP contribution in [0.5, 0.6) is 0 Å². The molecular formula is C11H21NO6. The molecular weight excluding hydrogens is 242 g/mol. The van der Waals surface area contributed by atoms with Crippen molar-refractivity contribution in [3.63, 3.8) is 0 Å². The van der Waals surface area contributed by atoms with E-state index in [0.29, 0.717) is 19.8 Å². The quantitative estimate of drug-likeness (QED) is 0.531. The molecule has 18 heavy (non-hydrogen) atoms. The lowest BCUT2D eigenvalue weighted by atomic mass is 9.98. The predicted octanol–water partition coefficient (Wildman–Crippen LogP) is -2.23. The van der Waals surface area contributed by atoms with Gasteiger partial charge in [0.2, 0.25) is 0 Å². The van der Waals surface area contributed by atoms with Crippen molar-refractivity contribution < 1.29 is 29.5 Å². The van der Waals surface area contributed by atoms with E-state index in [1.807, 2.05) is 0 Å². The first-order chi connectivity index (χ1) is 8.63. The molecule has 3 N–H and O–H groups in total. The smallest absolute Gasteiger partial charge is 0.186 e. The molecule has 2 aliphatic heterocycles. The van der Waals surface area contributed by atoms with Crippen molar-refractivity contribution in [3.05, 3.63) is 0 Å². The Balaban J connectivity index is 1.93. The third-order valence-corrected chi connectivity index (χ3v) is 3.44. The van der Waals surface area contributed by atoms with Crippen LogP contribution in [0, 0.1) is 0 Å². The summed E-state index contributed by atoms with van der Waals surface area (Å²) in [5, 5.41) is 29.3. The van der Waals surface area contributed by atoms with Crippen molar-refractivity contribution in [2.75, 3.05) is 40.0 Å². The standard InChI is InChI=1S/C11H21NO6/c1-16-11-10(15)9(14)8(13)7(18-11)6-12-2-4-17-5-3-12/h7-11,13-15H,2-6H2,1H3/t7-,8-,9+,10+,11+/m1/s1. The van der Waals surface area contributed by atoms with E-state index >= 15 is 0 Å². The van der Waals surface area contributed by atoms with Gasteiger partial charge in [-0.2, -0.15) is 0 Å². The van der Waals surface area contributed by atoms with E-state index in [4.69, 9.17) is 14.2 Å². The summed E-state index contributed by atoms with van der Waals surface area (Å²) in [5.41, 5.74) is 0. The van der Waals surface area contributed by atoms with Gasteiger partial charge < -0.3 is 29.5 Å². The topological polar surface area (TPSA) is 91.6 Å². The minimum Gasteiger partial charge on any atom is -0.388 e.